The minimum Gasteiger partial charge on any atom is -0.352 e. The van der Waals surface area contributed by atoms with E-state index in [9.17, 15) is 13.2 Å². The molecule has 1 saturated heterocycles. The third-order valence-corrected chi connectivity index (χ3v) is 7.77. The van der Waals surface area contributed by atoms with Crippen LogP contribution in [0.5, 0.6) is 0 Å². The molecule has 1 N–H and O–H groups in total. The van der Waals surface area contributed by atoms with Crippen molar-refractivity contribution in [2.24, 2.45) is 17.8 Å². The second-order valence-corrected chi connectivity index (χ2v) is 9.45. The van der Waals surface area contributed by atoms with Gasteiger partial charge in [0.15, 0.2) is 0 Å². The monoisotopic (exact) mass is 348 g/mol. The quantitative estimate of drug-likeness (QED) is 0.908. The molecule has 2 saturated carbocycles. The molecule has 0 aromatic heterocycles. The average molecular weight is 348 g/mol. The van der Waals surface area contributed by atoms with Crippen molar-refractivity contribution < 1.29 is 13.2 Å². The predicted molar refractivity (Wildman–Crippen MR) is 93.5 cm³/mol. The van der Waals surface area contributed by atoms with E-state index in [4.69, 9.17) is 0 Å². The van der Waals surface area contributed by atoms with E-state index in [-0.39, 0.29) is 11.7 Å². The fourth-order valence-corrected chi connectivity index (χ4v) is 6.24. The first-order chi connectivity index (χ1) is 11.5. The van der Waals surface area contributed by atoms with Gasteiger partial charge in [-0.3, -0.25) is 9.10 Å². The first-order valence-corrected chi connectivity index (χ1v) is 10.5. The van der Waals surface area contributed by atoms with Gasteiger partial charge in [-0.15, -0.1) is 0 Å². The van der Waals surface area contributed by atoms with Crippen molar-refractivity contribution in [3.63, 3.8) is 0 Å². The van der Waals surface area contributed by atoms with Gasteiger partial charge in [0, 0.05) is 18.7 Å². The molecule has 3 atom stereocenters. The average Bonchev–Trinajstić information content (AvgIpc) is 3.27. The van der Waals surface area contributed by atoms with E-state index in [1.165, 1.54) is 30.0 Å². The van der Waals surface area contributed by atoms with E-state index in [2.05, 4.69) is 5.32 Å². The number of sulfonamides is 1. The van der Waals surface area contributed by atoms with Crippen LogP contribution in [0.25, 0.3) is 0 Å². The van der Waals surface area contributed by atoms with Crippen molar-refractivity contribution in [2.75, 3.05) is 23.1 Å². The number of nitrogens with zero attached hydrogens (tertiary/aromatic N) is 1. The minimum absolute atomic E-state index is 0.101. The smallest absolute Gasteiger partial charge is 0.251 e. The molecule has 1 amide bonds. The number of benzene rings is 1. The van der Waals surface area contributed by atoms with Crippen molar-refractivity contribution in [3.8, 4) is 0 Å². The molecule has 1 aromatic rings. The summed E-state index contributed by atoms with van der Waals surface area (Å²) in [5.41, 5.74) is 1.14. The number of amides is 1. The Morgan fingerprint density at radius 3 is 2.79 bits per heavy atom. The molecule has 24 heavy (non-hydrogen) atoms. The lowest BCUT2D eigenvalue weighted by molar-refractivity contribution is 0.0942. The van der Waals surface area contributed by atoms with Crippen molar-refractivity contribution in [2.45, 2.75) is 32.1 Å². The number of carbonyl (C=O) groups excluding carboxylic acids is 1. The van der Waals surface area contributed by atoms with Crippen LogP contribution in [0.3, 0.4) is 0 Å². The van der Waals surface area contributed by atoms with Crippen molar-refractivity contribution in [3.05, 3.63) is 29.8 Å². The molecule has 4 rings (SSSR count). The molecule has 1 heterocycles. The fourth-order valence-electron chi connectivity index (χ4n) is 4.68. The van der Waals surface area contributed by atoms with Crippen molar-refractivity contribution in [1.29, 1.82) is 0 Å². The Kier molecular flexibility index (Phi) is 4.03. The van der Waals surface area contributed by atoms with Gasteiger partial charge in [0.2, 0.25) is 10.0 Å². The van der Waals surface area contributed by atoms with E-state index >= 15 is 0 Å². The van der Waals surface area contributed by atoms with Gasteiger partial charge in [-0.2, -0.15) is 0 Å². The number of hydrogen-bond acceptors (Lipinski definition) is 3. The maximum absolute atomic E-state index is 12.5. The van der Waals surface area contributed by atoms with E-state index in [0.29, 0.717) is 30.1 Å². The molecule has 0 radical (unpaired) electrons. The maximum atomic E-state index is 12.5. The van der Waals surface area contributed by atoms with Gasteiger partial charge < -0.3 is 5.32 Å². The summed E-state index contributed by atoms with van der Waals surface area (Å²) in [6.07, 6.45) is 5.90. The number of carbonyl (C=O) groups is 1. The van der Waals surface area contributed by atoms with Gasteiger partial charge in [0.25, 0.3) is 5.91 Å². The van der Waals surface area contributed by atoms with Crippen LogP contribution in [-0.4, -0.2) is 33.2 Å². The normalized spacial score (nSPS) is 30.7. The molecule has 6 heteroatoms. The van der Waals surface area contributed by atoms with E-state index < -0.39 is 10.0 Å². The standard InChI is InChI=1S/C18H24N2O3S/c21-18(19-12-16-10-13-5-6-14(16)9-13)15-3-1-4-17(11-15)20-7-2-8-24(20,22)23/h1,3-4,11,13-14,16H,2,5-10,12H2,(H,19,21)/t13-,14-,16+/m0/s1. The molecule has 2 bridgehead atoms. The van der Waals surface area contributed by atoms with Crippen LogP contribution < -0.4 is 9.62 Å². The lowest BCUT2D eigenvalue weighted by Gasteiger charge is -2.22. The Hall–Kier alpha value is -1.56. The Balaban J connectivity index is 1.42. The topological polar surface area (TPSA) is 66.5 Å². The SMILES string of the molecule is O=C(NC[C@H]1C[C@H]2CC[C@H]1C2)c1cccc(N2CCCS2(=O)=O)c1. The Morgan fingerprint density at radius 2 is 2.12 bits per heavy atom. The maximum Gasteiger partial charge on any atom is 0.251 e. The molecule has 130 valence electrons. The summed E-state index contributed by atoms with van der Waals surface area (Å²) in [7, 11) is -3.21. The Morgan fingerprint density at radius 1 is 1.25 bits per heavy atom. The van der Waals surface area contributed by atoms with E-state index in [1.807, 2.05) is 0 Å². The van der Waals surface area contributed by atoms with Gasteiger partial charge in [-0.05, 0) is 61.6 Å². The zero-order valence-corrected chi connectivity index (χ0v) is 14.6. The van der Waals surface area contributed by atoms with Gasteiger partial charge in [-0.1, -0.05) is 12.5 Å². The number of rotatable bonds is 4. The summed E-state index contributed by atoms with van der Waals surface area (Å²) in [6, 6.07) is 6.96. The summed E-state index contributed by atoms with van der Waals surface area (Å²) in [5.74, 6) is 2.37. The number of anilines is 1. The van der Waals surface area contributed by atoms with Crippen molar-refractivity contribution >= 4 is 21.6 Å². The molecule has 0 unspecified atom stereocenters. The van der Waals surface area contributed by atoms with Crippen molar-refractivity contribution in [1.82, 2.24) is 5.32 Å². The molecule has 2 aliphatic carbocycles. The highest BCUT2D eigenvalue weighted by Crippen LogP contribution is 2.47. The van der Waals surface area contributed by atoms with Crippen LogP contribution in [-0.2, 0) is 10.0 Å². The first kappa shape index (κ1) is 15.9. The Labute approximate surface area is 143 Å². The molecule has 3 fully saturated rings. The van der Waals surface area contributed by atoms with Gasteiger partial charge in [0.1, 0.15) is 0 Å². The van der Waals surface area contributed by atoms with Crippen LogP contribution >= 0.6 is 0 Å². The van der Waals surface area contributed by atoms with E-state index in [0.717, 1.165) is 18.4 Å². The summed E-state index contributed by atoms with van der Waals surface area (Å²) in [5, 5.41) is 3.06. The first-order valence-electron chi connectivity index (χ1n) is 8.91. The largest absolute Gasteiger partial charge is 0.352 e. The zero-order valence-electron chi connectivity index (χ0n) is 13.8. The second kappa shape index (κ2) is 6.06. The highest BCUT2D eigenvalue weighted by Gasteiger charge is 2.39. The lowest BCUT2D eigenvalue weighted by atomic mass is 9.89. The van der Waals surface area contributed by atoms with Gasteiger partial charge >= 0.3 is 0 Å². The Bertz CT molecular complexity index is 746. The second-order valence-electron chi connectivity index (χ2n) is 7.44. The van der Waals surface area contributed by atoms with Crippen LogP contribution in [0.4, 0.5) is 5.69 Å². The molecule has 3 aliphatic rings. The summed E-state index contributed by atoms with van der Waals surface area (Å²) >= 11 is 0. The molecule has 1 aliphatic heterocycles. The molecule has 1 aromatic carbocycles. The summed E-state index contributed by atoms with van der Waals surface area (Å²) in [4.78, 5) is 12.5. The van der Waals surface area contributed by atoms with Gasteiger partial charge in [-0.25, -0.2) is 8.42 Å². The zero-order chi connectivity index (χ0) is 16.7. The number of hydrogen-bond donors (Lipinski definition) is 1. The number of fused-ring (bicyclic) bond motifs is 2. The summed E-state index contributed by atoms with van der Waals surface area (Å²) in [6.45, 7) is 1.24. The number of nitrogens with one attached hydrogen (secondary N) is 1. The fraction of sp³-hybridized carbons (Fsp3) is 0.611. The van der Waals surface area contributed by atoms with Crippen LogP contribution in [0, 0.1) is 17.8 Å². The molecular weight excluding hydrogens is 324 g/mol. The van der Waals surface area contributed by atoms with E-state index in [1.54, 1.807) is 24.3 Å². The lowest BCUT2D eigenvalue weighted by Crippen LogP contribution is -2.32. The predicted octanol–water partition coefficient (Wildman–Crippen LogP) is 2.39. The molecular formula is C18H24N2O3S. The van der Waals surface area contributed by atoms with Gasteiger partial charge in [0.05, 0.1) is 11.4 Å². The van der Waals surface area contributed by atoms with Crippen LogP contribution in [0.2, 0.25) is 0 Å². The highest BCUT2D eigenvalue weighted by atomic mass is 32.2. The molecule has 5 nitrogen and oxygen atoms in total. The van der Waals surface area contributed by atoms with Crippen LogP contribution in [0.15, 0.2) is 24.3 Å². The minimum atomic E-state index is -3.21. The summed E-state index contributed by atoms with van der Waals surface area (Å²) < 4.78 is 25.5. The third kappa shape index (κ3) is 2.92. The molecule has 0 spiro atoms. The third-order valence-electron chi connectivity index (χ3n) is 5.90. The van der Waals surface area contributed by atoms with Crippen LogP contribution in [0.1, 0.15) is 42.5 Å². The highest BCUT2D eigenvalue weighted by molar-refractivity contribution is 7.93.